The van der Waals surface area contributed by atoms with E-state index < -0.39 is 0 Å². The van der Waals surface area contributed by atoms with Crippen molar-refractivity contribution in [1.29, 1.82) is 0 Å². The van der Waals surface area contributed by atoms with Gasteiger partial charge in [0.1, 0.15) is 0 Å². The van der Waals surface area contributed by atoms with E-state index in [0.29, 0.717) is 33.7 Å². The number of carbonyl (C=O) groups is 2. The number of halogens is 2. The SMILES string of the molecule is O=C(CCCC(=O)Nc1ccc(Cl)c(Cl)c1)N/N=C\c1ccc2c(c1)OCO2. The van der Waals surface area contributed by atoms with Crippen LogP contribution in [0.4, 0.5) is 5.69 Å². The van der Waals surface area contributed by atoms with Gasteiger partial charge in [-0.25, -0.2) is 5.43 Å². The molecule has 0 spiro atoms. The molecular weight excluding hydrogens is 405 g/mol. The maximum absolute atomic E-state index is 11.9. The maximum atomic E-state index is 11.9. The molecule has 0 saturated carbocycles. The van der Waals surface area contributed by atoms with E-state index in [2.05, 4.69) is 15.8 Å². The van der Waals surface area contributed by atoms with Crippen molar-refractivity contribution in [2.45, 2.75) is 19.3 Å². The van der Waals surface area contributed by atoms with Crippen molar-refractivity contribution in [2.75, 3.05) is 12.1 Å². The van der Waals surface area contributed by atoms with Crippen LogP contribution in [0.3, 0.4) is 0 Å². The zero-order valence-electron chi connectivity index (χ0n) is 14.7. The molecule has 0 atom stereocenters. The number of fused-ring (bicyclic) bond motifs is 1. The van der Waals surface area contributed by atoms with Crippen LogP contribution in [0.5, 0.6) is 11.5 Å². The largest absolute Gasteiger partial charge is 0.454 e. The third kappa shape index (κ3) is 5.61. The number of benzene rings is 2. The van der Waals surface area contributed by atoms with E-state index in [1.807, 2.05) is 0 Å². The van der Waals surface area contributed by atoms with Crippen LogP contribution in [-0.4, -0.2) is 24.8 Å². The molecule has 146 valence electrons. The molecule has 3 rings (SSSR count). The van der Waals surface area contributed by atoms with E-state index in [-0.39, 0.29) is 31.4 Å². The Morgan fingerprint density at radius 2 is 1.79 bits per heavy atom. The van der Waals surface area contributed by atoms with Gasteiger partial charge in [0.25, 0.3) is 0 Å². The second-order valence-corrected chi connectivity index (χ2v) is 6.75. The number of nitrogens with one attached hydrogen (secondary N) is 2. The smallest absolute Gasteiger partial charge is 0.240 e. The van der Waals surface area contributed by atoms with Gasteiger partial charge in [0.2, 0.25) is 18.6 Å². The summed E-state index contributed by atoms with van der Waals surface area (Å²) < 4.78 is 10.5. The number of nitrogens with zero attached hydrogens (tertiary/aromatic N) is 1. The summed E-state index contributed by atoms with van der Waals surface area (Å²) in [5.74, 6) is 0.831. The van der Waals surface area contributed by atoms with Crippen molar-refractivity contribution < 1.29 is 19.1 Å². The van der Waals surface area contributed by atoms with Gasteiger partial charge in [-0.2, -0.15) is 5.10 Å². The Bertz CT molecular complexity index is 918. The fourth-order valence-corrected chi connectivity index (χ4v) is 2.73. The molecule has 0 bridgehead atoms. The quantitative estimate of drug-likeness (QED) is 0.522. The molecule has 9 heteroatoms. The summed E-state index contributed by atoms with van der Waals surface area (Å²) in [5.41, 5.74) is 3.75. The Morgan fingerprint density at radius 1 is 1.00 bits per heavy atom. The summed E-state index contributed by atoms with van der Waals surface area (Å²) in [6, 6.07) is 10.2. The second-order valence-electron chi connectivity index (χ2n) is 5.94. The summed E-state index contributed by atoms with van der Waals surface area (Å²) >= 11 is 11.7. The Balaban J connectivity index is 1.37. The minimum Gasteiger partial charge on any atom is -0.454 e. The van der Waals surface area contributed by atoms with E-state index in [1.54, 1.807) is 36.4 Å². The summed E-state index contributed by atoms with van der Waals surface area (Å²) in [4.78, 5) is 23.7. The van der Waals surface area contributed by atoms with Crippen LogP contribution in [0, 0.1) is 0 Å². The van der Waals surface area contributed by atoms with Gasteiger partial charge in [0, 0.05) is 18.5 Å². The van der Waals surface area contributed by atoms with E-state index in [0.717, 1.165) is 5.56 Å². The van der Waals surface area contributed by atoms with Crippen LogP contribution in [-0.2, 0) is 9.59 Å². The molecule has 2 amide bonds. The van der Waals surface area contributed by atoms with E-state index in [9.17, 15) is 9.59 Å². The van der Waals surface area contributed by atoms with Gasteiger partial charge >= 0.3 is 0 Å². The van der Waals surface area contributed by atoms with Crippen molar-refractivity contribution in [3.63, 3.8) is 0 Å². The molecule has 2 aromatic carbocycles. The molecule has 2 N–H and O–H groups in total. The van der Waals surface area contributed by atoms with E-state index in [1.165, 1.54) is 6.21 Å². The Morgan fingerprint density at radius 3 is 2.61 bits per heavy atom. The molecule has 1 heterocycles. The third-order valence-corrected chi connectivity index (χ3v) is 4.55. The molecule has 0 fully saturated rings. The molecule has 28 heavy (non-hydrogen) atoms. The first-order valence-corrected chi connectivity index (χ1v) is 9.23. The van der Waals surface area contributed by atoms with Crippen molar-refractivity contribution in [1.82, 2.24) is 5.43 Å². The number of hydrogen-bond donors (Lipinski definition) is 2. The maximum Gasteiger partial charge on any atom is 0.240 e. The van der Waals surface area contributed by atoms with Gasteiger partial charge < -0.3 is 14.8 Å². The fourth-order valence-electron chi connectivity index (χ4n) is 2.44. The number of rotatable bonds is 7. The van der Waals surface area contributed by atoms with E-state index >= 15 is 0 Å². The van der Waals surface area contributed by atoms with Gasteiger partial charge in [-0.15, -0.1) is 0 Å². The summed E-state index contributed by atoms with van der Waals surface area (Å²) in [7, 11) is 0. The Labute approximate surface area is 171 Å². The van der Waals surface area contributed by atoms with Crippen molar-refractivity contribution in [2.24, 2.45) is 5.10 Å². The molecule has 0 unspecified atom stereocenters. The highest BCUT2D eigenvalue weighted by Gasteiger charge is 2.12. The average molecular weight is 422 g/mol. The Hall–Kier alpha value is -2.77. The molecule has 1 aliphatic heterocycles. The number of ether oxygens (including phenoxy) is 2. The van der Waals surface area contributed by atoms with Crippen LogP contribution in [0.25, 0.3) is 0 Å². The highest BCUT2D eigenvalue weighted by Crippen LogP contribution is 2.32. The first-order chi connectivity index (χ1) is 13.5. The second kappa shape index (κ2) is 9.43. The van der Waals surface area contributed by atoms with Gasteiger partial charge in [-0.3, -0.25) is 9.59 Å². The number of hydrogen-bond acceptors (Lipinski definition) is 5. The number of amides is 2. The topological polar surface area (TPSA) is 89.0 Å². The van der Waals surface area contributed by atoms with Gasteiger partial charge in [-0.05, 0) is 48.4 Å². The van der Waals surface area contributed by atoms with Crippen LogP contribution >= 0.6 is 23.2 Å². The zero-order chi connectivity index (χ0) is 19.9. The third-order valence-electron chi connectivity index (χ3n) is 3.81. The van der Waals surface area contributed by atoms with Gasteiger partial charge in [-0.1, -0.05) is 23.2 Å². The van der Waals surface area contributed by atoms with Crippen LogP contribution in [0.15, 0.2) is 41.5 Å². The molecule has 0 radical (unpaired) electrons. The highest BCUT2D eigenvalue weighted by molar-refractivity contribution is 6.42. The van der Waals surface area contributed by atoms with Crippen LogP contribution in [0.2, 0.25) is 10.0 Å². The predicted octanol–water partition coefficient (Wildman–Crippen LogP) is 3.98. The standard InChI is InChI=1S/C19H17Cl2N3O4/c20-14-6-5-13(9-15(14)21)23-18(25)2-1-3-19(26)24-22-10-12-4-7-16-17(8-12)28-11-27-16/h4-10H,1-3,11H2,(H,23,25)(H,24,26)/b22-10-. The number of hydrazone groups is 1. The normalized spacial score (nSPS) is 12.2. The molecule has 7 nitrogen and oxygen atoms in total. The lowest BCUT2D eigenvalue weighted by atomic mass is 10.2. The first-order valence-electron chi connectivity index (χ1n) is 8.48. The average Bonchev–Trinajstić information content (AvgIpc) is 3.12. The molecule has 0 aliphatic carbocycles. The lowest BCUT2D eigenvalue weighted by molar-refractivity contribution is -0.121. The summed E-state index contributed by atoms with van der Waals surface area (Å²) in [5, 5.41) is 7.38. The monoisotopic (exact) mass is 421 g/mol. The minimum absolute atomic E-state index is 0.174. The van der Waals surface area contributed by atoms with Gasteiger partial charge in [0.05, 0.1) is 16.3 Å². The molecular formula is C19H17Cl2N3O4. The predicted molar refractivity (Wildman–Crippen MR) is 107 cm³/mol. The van der Waals surface area contributed by atoms with Crippen molar-refractivity contribution in [3.8, 4) is 11.5 Å². The lowest BCUT2D eigenvalue weighted by Gasteiger charge is -2.06. The highest BCUT2D eigenvalue weighted by atomic mass is 35.5. The van der Waals surface area contributed by atoms with Crippen molar-refractivity contribution in [3.05, 3.63) is 52.0 Å². The fraction of sp³-hybridized carbons (Fsp3) is 0.211. The summed E-state index contributed by atoms with van der Waals surface area (Å²) in [6.45, 7) is 0.200. The van der Waals surface area contributed by atoms with E-state index in [4.69, 9.17) is 32.7 Å². The number of anilines is 1. The van der Waals surface area contributed by atoms with Gasteiger partial charge in [0.15, 0.2) is 11.5 Å². The minimum atomic E-state index is -0.278. The summed E-state index contributed by atoms with van der Waals surface area (Å²) in [6.07, 6.45) is 2.27. The molecule has 1 aliphatic rings. The number of carbonyl (C=O) groups excluding carboxylic acids is 2. The molecule has 0 aromatic heterocycles. The van der Waals surface area contributed by atoms with Crippen LogP contribution in [0.1, 0.15) is 24.8 Å². The lowest BCUT2D eigenvalue weighted by Crippen LogP contribution is -2.18. The zero-order valence-corrected chi connectivity index (χ0v) is 16.2. The first kappa shape index (κ1) is 20.0. The van der Waals surface area contributed by atoms with Crippen molar-refractivity contribution >= 4 is 46.9 Å². The Kier molecular flexibility index (Phi) is 6.73. The molecule has 0 saturated heterocycles. The van der Waals surface area contributed by atoms with Crippen LogP contribution < -0.4 is 20.2 Å². The molecule has 2 aromatic rings.